The van der Waals surface area contributed by atoms with Crippen LogP contribution in [-0.4, -0.2) is 15.7 Å². The summed E-state index contributed by atoms with van der Waals surface area (Å²) < 4.78 is 20.7. The van der Waals surface area contributed by atoms with E-state index in [0.29, 0.717) is 34.6 Å². The molecule has 5 nitrogen and oxygen atoms in total. The molecule has 3 aromatic carbocycles. The first-order valence-corrected chi connectivity index (χ1v) is 10.9. The molecule has 0 unspecified atom stereocenters. The number of rotatable bonds is 7. The zero-order valence-electron chi connectivity index (χ0n) is 17.7. The number of hydrogen-bond acceptors (Lipinski definition) is 3. The highest BCUT2D eigenvalue weighted by Gasteiger charge is 2.11. The second kappa shape index (κ2) is 10.1. The molecule has 0 saturated heterocycles. The van der Waals surface area contributed by atoms with E-state index in [1.165, 1.54) is 12.1 Å². The van der Waals surface area contributed by atoms with Crippen molar-refractivity contribution in [3.8, 4) is 5.75 Å². The molecule has 0 bridgehead atoms. The molecule has 0 saturated carbocycles. The first kappa shape index (κ1) is 22.8. The van der Waals surface area contributed by atoms with Crippen LogP contribution >= 0.6 is 23.2 Å². The number of carbonyl (C=O) groups excluding carboxylic acids is 1. The molecule has 1 aromatic heterocycles. The molecule has 4 aromatic rings. The molecule has 8 heteroatoms. The van der Waals surface area contributed by atoms with Crippen molar-refractivity contribution in [3.05, 3.63) is 111 Å². The third-order valence-corrected chi connectivity index (χ3v) is 5.54. The largest absolute Gasteiger partial charge is 0.489 e. The van der Waals surface area contributed by atoms with Gasteiger partial charge in [0.05, 0.1) is 6.54 Å². The third-order valence-electron chi connectivity index (χ3n) is 4.95. The summed E-state index contributed by atoms with van der Waals surface area (Å²) in [6.07, 6.45) is 1.72. The summed E-state index contributed by atoms with van der Waals surface area (Å²) in [4.78, 5) is 12.7. The Labute approximate surface area is 200 Å². The molecule has 0 atom stereocenters. The number of amides is 1. The third kappa shape index (κ3) is 5.92. The van der Waals surface area contributed by atoms with Crippen molar-refractivity contribution >= 4 is 34.9 Å². The minimum Gasteiger partial charge on any atom is -0.489 e. The molecule has 1 amide bonds. The Morgan fingerprint density at radius 1 is 1.09 bits per heavy atom. The maximum absolute atomic E-state index is 13.2. The zero-order chi connectivity index (χ0) is 23.4. The quantitative estimate of drug-likeness (QED) is 0.325. The van der Waals surface area contributed by atoms with Gasteiger partial charge in [-0.05, 0) is 66.1 Å². The maximum Gasteiger partial charge on any atom is 0.256 e. The van der Waals surface area contributed by atoms with Crippen LogP contribution in [0.4, 0.5) is 10.2 Å². The lowest BCUT2D eigenvalue weighted by Crippen LogP contribution is -2.13. The van der Waals surface area contributed by atoms with Crippen LogP contribution in [0.15, 0.2) is 72.9 Å². The van der Waals surface area contributed by atoms with Crippen LogP contribution in [0.25, 0.3) is 0 Å². The summed E-state index contributed by atoms with van der Waals surface area (Å²) in [7, 11) is 0. The van der Waals surface area contributed by atoms with Gasteiger partial charge in [0.25, 0.3) is 5.91 Å². The lowest BCUT2D eigenvalue weighted by Gasteiger charge is -2.10. The highest BCUT2D eigenvalue weighted by atomic mass is 35.5. The number of halogens is 3. The normalized spacial score (nSPS) is 10.8. The Morgan fingerprint density at radius 2 is 1.94 bits per heavy atom. The van der Waals surface area contributed by atoms with E-state index >= 15 is 0 Å². The number of aromatic nitrogens is 2. The van der Waals surface area contributed by atoms with Gasteiger partial charge in [-0.1, -0.05) is 41.4 Å². The molecule has 0 fully saturated rings. The summed E-state index contributed by atoms with van der Waals surface area (Å²) in [5.74, 6) is 0.454. The summed E-state index contributed by atoms with van der Waals surface area (Å²) in [6.45, 7) is 2.59. The van der Waals surface area contributed by atoms with Crippen molar-refractivity contribution in [2.24, 2.45) is 0 Å². The van der Waals surface area contributed by atoms with Crippen LogP contribution in [0.5, 0.6) is 5.75 Å². The van der Waals surface area contributed by atoms with Gasteiger partial charge in [0, 0.05) is 27.9 Å². The topological polar surface area (TPSA) is 56.1 Å². The Kier molecular flexibility index (Phi) is 6.96. The molecule has 0 spiro atoms. The standard InChI is InChI=1S/C25H20Cl2FN3O2/c1-16-11-20(26)6-8-23(16)33-15-17-3-2-4-18(12-17)25(32)29-24-9-10-31(30-24)14-19-5-7-21(28)13-22(19)27/h2-13H,14-15H2,1H3,(H,29,30,32). The number of nitrogens with zero attached hydrogens (tertiary/aromatic N) is 2. The first-order chi connectivity index (χ1) is 15.9. The van der Waals surface area contributed by atoms with E-state index in [4.69, 9.17) is 27.9 Å². The Morgan fingerprint density at radius 3 is 2.73 bits per heavy atom. The highest BCUT2D eigenvalue weighted by Crippen LogP contribution is 2.23. The predicted octanol–water partition coefficient (Wildman–Crippen LogP) is 6.52. The van der Waals surface area contributed by atoms with Crippen molar-refractivity contribution in [1.82, 2.24) is 9.78 Å². The van der Waals surface area contributed by atoms with Gasteiger partial charge in [0.15, 0.2) is 5.82 Å². The fourth-order valence-corrected chi connectivity index (χ4v) is 3.72. The number of nitrogens with one attached hydrogen (secondary N) is 1. The van der Waals surface area contributed by atoms with Crippen molar-refractivity contribution in [2.75, 3.05) is 5.32 Å². The van der Waals surface area contributed by atoms with Crippen LogP contribution in [0, 0.1) is 12.7 Å². The SMILES string of the molecule is Cc1cc(Cl)ccc1OCc1cccc(C(=O)Nc2ccn(Cc3ccc(F)cc3Cl)n2)c1. The summed E-state index contributed by atoms with van der Waals surface area (Å²) in [6, 6.07) is 18.5. The highest BCUT2D eigenvalue weighted by molar-refractivity contribution is 6.31. The molecule has 1 N–H and O–H groups in total. The van der Waals surface area contributed by atoms with Gasteiger partial charge in [-0.2, -0.15) is 5.10 Å². The molecule has 0 aliphatic rings. The van der Waals surface area contributed by atoms with Gasteiger partial charge < -0.3 is 10.1 Å². The minimum atomic E-state index is -0.395. The molecular weight excluding hydrogens is 464 g/mol. The monoisotopic (exact) mass is 483 g/mol. The summed E-state index contributed by atoms with van der Waals surface area (Å²) in [5.41, 5.74) is 3.00. The fourth-order valence-electron chi connectivity index (χ4n) is 3.27. The Balaban J connectivity index is 1.38. The lowest BCUT2D eigenvalue weighted by molar-refractivity contribution is 0.102. The number of ether oxygens (including phenoxy) is 1. The molecule has 0 radical (unpaired) electrons. The van der Waals surface area contributed by atoms with Gasteiger partial charge in [0.2, 0.25) is 0 Å². The van der Waals surface area contributed by atoms with E-state index in [9.17, 15) is 9.18 Å². The molecule has 33 heavy (non-hydrogen) atoms. The molecule has 4 rings (SSSR count). The zero-order valence-corrected chi connectivity index (χ0v) is 19.2. The second-order valence-corrected chi connectivity index (χ2v) is 8.33. The lowest BCUT2D eigenvalue weighted by atomic mass is 10.1. The number of anilines is 1. The molecule has 168 valence electrons. The maximum atomic E-state index is 13.2. The van der Waals surface area contributed by atoms with Crippen LogP contribution in [0.1, 0.15) is 27.0 Å². The van der Waals surface area contributed by atoms with Crippen LogP contribution < -0.4 is 10.1 Å². The first-order valence-electron chi connectivity index (χ1n) is 10.1. The molecular formula is C25H20Cl2FN3O2. The average Bonchev–Trinajstić information content (AvgIpc) is 3.22. The van der Waals surface area contributed by atoms with E-state index in [2.05, 4.69) is 10.4 Å². The van der Waals surface area contributed by atoms with Crippen LogP contribution in [-0.2, 0) is 13.2 Å². The fraction of sp³-hybridized carbons (Fsp3) is 0.120. The van der Waals surface area contributed by atoms with Gasteiger partial charge in [0.1, 0.15) is 18.2 Å². The van der Waals surface area contributed by atoms with Gasteiger partial charge in [-0.3, -0.25) is 9.48 Å². The van der Waals surface area contributed by atoms with Gasteiger partial charge in [-0.25, -0.2) is 4.39 Å². The van der Waals surface area contributed by atoms with Crippen molar-refractivity contribution in [2.45, 2.75) is 20.1 Å². The van der Waals surface area contributed by atoms with E-state index in [-0.39, 0.29) is 5.91 Å². The minimum absolute atomic E-state index is 0.287. The van der Waals surface area contributed by atoms with E-state index in [1.807, 2.05) is 25.1 Å². The predicted molar refractivity (Wildman–Crippen MR) is 128 cm³/mol. The molecule has 0 aliphatic heterocycles. The average molecular weight is 484 g/mol. The number of aryl methyl sites for hydroxylation is 1. The second-order valence-electron chi connectivity index (χ2n) is 7.49. The Bertz CT molecular complexity index is 1310. The number of hydrogen-bond donors (Lipinski definition) is 1. The van der Waals surface area contributed by atoms with Crippen LogP contribution in [0.3, 0.4) is 0 Å². The Hall–Kier alpha value is -3.35. The molecule has 1 heterocycles. The molecule has 0 aliphatic carbocycles. The smallest absolute Gasteiger partial charge is 0.256 e. The van der Waals surface area contributed by atoms with E-state index < -0.39 is 5.82 Å². The van der Waals surface area contributed by atoms with Crippen molar-refractivity contribution < 1.29 is 13.9 Å². The number of benzene rings is 3. The summed E-state index contributed by atoms with van der Waals surface area (Å²) >= 11 is 12.1. The van der Waals surface area contributed by atoms with E-state index in [1.54, 1.807) is 47.3 Å². The number of carbonyl (C=O) groups is 1. The van der Waals surface area contributed by atoms with Crippen LogP contribution in [0.2, 0.25) is 10.0 Å². The van der Waals surface area contributed by atoms with E-state index in [0.717, 1.165) is 22.4 Å². The van der Waals surface area contributed by atoms with Crippen molar-refractivity contribution in [3.63, 3.8) is 0 Å². The van der Waals surface area contributed by atoms with Crippen molar-refractivity contribution in [1.29, 1.82) is 0 Å². The summed E-state index contributed by atoms with van der Waals surface area (Å²) in [5, 5.41) is 8.11. The van der Waals surface area contributed by atoms with Gasteiger partial charge >= 0.3 is 0 Å². The van der Waals surface area contributed by atoms with Gasteiger partial charge in [-0.15, -0.1) is 0 Å².